The van der Waals surface area contributed by atoms with E-state index in [1.54, 1.807) is 0 Å². The molecule has 2 fully saturated rings. The highest BCUT2D eigenvalue weighted by atomic mass is 16.6. The van der Waals surface area contributed by atoms with Gasteiger partial charge in [0.15, 0.2) is 0 Å². The van der Waals surface area contributed by atoms with E-state index in [2.05, 4.69) is 10.6 Å². The van der Waals surface area contributed by atoms with Gasteiger partial charge in [-0.2, -0.15) is 0 Å². The first-order valence-corrected chi connectivity index (χ1v) is 3.98. The van der Waals surface area contributed by atoms with Gasteiger partial charge in [0.25, 0.3) is 0 Å². The molecule has 0 saturated carbocycles. The molecule has 2 saturated heterocycles. The maximum absolute atomic E-state index is 10.8. The summed E-state index contributed by atoms with van der Waals surface area (Å²) in [7, 11) is 0. The highest BCUT2D eigenvalue weighted by Crippen LogP contribution is 2.23. The first-order valence-electron chi connectivity index (χ1n) is 3.98. The van der Waals surface area contributed by atoms with Crippen LogP contribution in [0.15, 0.2) is 0 Å². The molecular weight excluding hydrogens is 144 g/mol. The molecule has 0 radical (unpaired) electrons. The molecule has 0 aromatic rings. The number of nitrogens with one attached hydrogen (secondary N) is 2. The monoisotopic (exact) mass is 156 g/mol. The van der Waals surface area contributed by atoms with Crippen LogP contribution in [0.2, 0.25) is 0 Å². The van der Waals surface area contributed by atoms with E-state index in [4.69, 9.17) is 4.74 Å². The number of amides is 1. The first-order chi connectivity index (χ1) is 5.31. The molecule has 11 heavy (non-hydrogen) atoms. The number of carbonyl (C=O) groups is 1. The molecule has 1 atom stereocenters. The van der Waals surface area contributed by atoms with Crippen LogP contribution in [-0.2, 0) is 4.74 Å². The Morgan fingerprint density at radius 1 is 1.45 bits per heavy atom. The zero-order chi connectivity index (χ0) is 7.73. The fraction of sp³-hybridized carbons (Fsp3) is 0.857. The average Bonchev–Trinajstić information content (AvgIpc) is 2.34. The quantitative estimate of drug-likeness (QED) is 0.512. The zero-order valence-corrected chi connectivity index (χ0v) is 6.35. The number of hydrogen-bond acceptors (Lipinski definition) is 3. The van der Waals surface area contributed by atoms with Gasteiger partial charge in [0.05, 0.1) is 6.54 Å². The van der Waals surface area contributed by atoms with Crippen LogP contribution in [-0.4, -0.2) is 31.3 Å². The van der Waals surface area contributed by atoms with Crippen LogP contribution in [0.25, 0.3) is 0 Å². The lowest BCUT2D eigenvalue weighted by Gasteiger charge is -2.30. The molecule has 2 heterocycles. The summed E-state index contributed by atoms with van der Waals surface area (Å²) in [5.74, 6) is 0. The fourth-order valence-electron chi connectivity index (χ4n) is 1.68. The molecule has 1 unspecified atom stereocenters. The van der Waals surface area contributed by atoms with Crippen molar-refractivity contribution in [2.24, 2.45) is 0 Å². The molecule has 4 nitrogen and oxygen atoms in total. The van der Waals surface area contributed by atoms with Crippen LogP contribution in [0.1, 0.15) is 12.8 Å². The molecule has 62 valence electrons. The van der Waals surface area contributed by atoms with E-state index < -0.39 is 0 Å². The van der Waals surface area contributed by atoms with Crippen molar-refractivity contribution in [2.75, 3.05) is 19.6 Å². The van der Waals surface area contributed by atoms with Crippen LogP contribution >= 0.6 is 0 Å². The zero-order valence-electron chi connectivity index (χ0n) is 6.35. The maximum Gasteiger partial charge on any atom is 0.407 e. The summed E-state index contributed by atoms with van der Waals surface area (Å²) in [5, 5.41) is 5.90. The summed E-state index contributed by atoms with van der Waals surface area (Å²) < 4.78 is 5.18. The molecule has 0 aliphatic carbocycles. The molecule has 1 spiro atoms. The van der Waals surface area contributed by atoms with Crippen LogP contribution in [0.3, 0.4) is 0 Å². The lowest BCUT2D eigenvalue weighted by Crippen LogP contribution is -2.48. The highest BCUT2D eigenvalue weighted by Gasteiger charge is 2.40. The standard InChI is InChI=1S/C7H12N2O2/c10-6-9-5-7(11-6)2-1-3-8-4-7/h8H,1-5H2,(H,9,10). The molecule has 0 bridgehead atoms. The van der Waals surface area contributed by atoms with Crippen molar-refractivity contribution in [3.8, 4) is 0 Å². The van der Waals surface area contributed by atoms with Crippen molar-refractivity contribution in [3.05, 3.63) is 0 Å². The Labute approximate surface area is 65.3 Å². The Morgan fingerprint density at radius 2 is 2.36 bits per heavy atom. The van der Waals surface area contributed by atoms with Crippen LogP contribution in [0, 0.1) is 0 Å². The summed E-state index contributed by atoms with van der Waals surface area (Å²) >= 11 is 0. The Morgan fingerprint density at radius 3 is 2.91 bits per heavy atom. The predicted molar refractivity (Wildman–Crippen MR) is 39.3 cm³/mol. The fourth-order valence-corrected chi connectivity index (χ4v) is 1.68. The summed E-state index contributed by atoms with van der Waals surface area (Å²) in [6, 6.07) is 0. The molecular formula is C7H12N2O2. The summed E-state index contributed by atoms with van der Waals surface area (Å²) in [5.41, 5.74) is -0.227. The van der Waals surface area contributed by atoms with Gasteiger partial charge >= 0.3 is 6.09 Å². The average molecular weight is 156 g/mol. The van der Waals surface area contributed by atoms with E-state index in [0.717, 1.165) is 25.9 Å². The Kier molecular flexibility index (Phi) is 1.49. The van der Waals surface area contributed by atoms with E-state index in [0.29, 0.717) is 6.54 Å². The molecule has 0 aromatic carbocycles. The number of ether oxygens (including phenoxy) is 1. The van der Waals surface area contributed by atoms with Gasteiger partial charge in [0.2, 0.25) is 0 Å². The Balaban J connectivity index is 2.03. The molecule has 4 heteroatoms. The second kappa shape index (κ2) is 2.37. The lowest BCUT2D eigenvalue weighted by atomic mass is 9.95. The normalized spacial score (nSPS) is 36.9. The smallest absolute Gasteiger partial charge is 0.407 e. The van der Waals surface area contributed by atoms with Crippen LogP contribution in [0.4, 0.5) is 4.79 Å². The van der Waals surface area contributed by atoms with E-state index in [1.807, 2.05) is 0 Å². The van der Waals surface area contributed by atoms with E-state index >= 15 is 0 Å². The second-order valence-electron chi connectivity index (χ2n) is 3.21. The molecule has 2 aliphatic rings. The molecule has 0 aromatic heterocycles. The lowest BCUT2D eigenvalue weighted by molar-refractivity contribution is 0.0366. The number of carbonyl (C=O) groups excluding carboxylic acids is 1. The second-order valence-corrected chi connectivity index (χ2v) is 3.21. The first kappa shape index (κ1) is 6.91. The molecule has 2 N–H and O–H groups in total. The topological polar surface area (TPSA) is 50.4 Å². The third kappa shape index (κ3) is 1.18. The van der Waals surface area contributed by atoms with Gasteiger partial charge < -0.3 is 15.4 Å². The van der Waals surface area contributed by atoms with Crippen molar-refractivity contribution >= 4 is 6.09 Å². The predicted octanol–water partition coefficient (Wildman–Crippen LogP) is -0.152. The molecule has 2 aliphatic heterocycles. The van der Waals surface area contributed by atoms with E-state index in [1.165, 1.54) is 0 Å². The van der Waals surface area contributed by atoms with E-state index in [-0.39, 0.29) is 11.7 Å². The molecule has 2 rings (SSSR count). The van der Waals surface area contributed by atoms with Gasteiger partial charge in [-0.15, -0.1) is 0 Å². The Bertz CT molecular complexity index is 175. The maximum atomic E-state index is 10.8. The largest absolute Gasteiger partial charge is 0.440 e. The Hall–Kier alpha value is -0.770. The number of piperidine rings is 1. The number of rotatable bonds is 0. The third-order valence-electron chi connectivity index (χ3n) is 2.30. The van der Waals surface area contributed by atoms with Crippen molar-refractivity contribution in [3.63, 3.8) is 0 Å². The minimum absolute atomic E-state index is 0.227. The van der Waals surface area contributed by atoms with Gasteiger partial charge in [0.1, 0.15) is 5.60 Å². The SMILES string of the molecule is O=C1NCC2(CCCNC2)O1. The summed E-state index contributed by atoms with van der Waals surface area (Å²) in [6.45, 7) is 2.50. The van der Waals surface area contributed by atoms with Crippen molar-refractivity contribution in [1.82, 2.24) is 10.6 Å². The van der Waals surface area contributed by atoms with Crippen molar-refractivity contribution in [2.45, 2.75) is 18.4 Å². The van der Waals surface area contributed by atoms with Gasteiger partial charge in [-0.25, -0.2) is 4.79 Å². The van der Waals surface area contributed by atoms with Gasteiger partial charge in [0, 0.05) is 6.54 Å². The number of alkyl carbamates (subject to hydrolysis) is 1. The van der Waals surface area contributed by atoms with Crippen LogP contribution in [0.5, 0.6) is 0 Å². The summed E-state index contributed by atoms with van der Waals surface area (Å²) in [6.07, 6.45) is 1.81. The van der Waals surface area contributed by atoms with Crippen LogP contribution < -0.4 is 10.6 Å². The highest BCUT2D eigenvalue weighted by molar-refractivity contribution is 5.70. The number of hydrogen-bond donors (Lipinski definition) is 2. The van der Waals surface area contributed by atoms with Gasteiger partial charge in [-0.05, 0) is 19.4 Å². The summed E-state index contributed by atoms with van der Waals surface area (Å²) in [4.78, 5) is 10.8. The van der Waals surface area contributed by atoms with Crippen molar-refractivity contribution in [1.29, 1.82) is 0 Å². The third-order valence-corrected chi connectivity index (χ3v) is 2.30. The molecule has 1 amide bonds. The minimum Gasteiger partial charge on any atom is -0.440 e. The van der Waals surface area contributed by atoms with Gasteiger partial charge in [-0.1, -0.05) is 0 Å². The van der Waals surface area contributed by atoms with E-state index in [9.17, 15) is 4.79 Å². The van der Waals surface area contributed by atoms with Gasteiger partial charge in [-0.3, -0.25) is 0 Å². The van der Waals surface area contributed by atoms with Crippen molar-refractivity contribution < 1.29 is 9.53 Å². The minimum atomic E-state index is -0.270.